The van der Waals surface area contributed by atoms with Gasteiger partial charge in [-0.05, 0) is 6.42 Å². The number of rotatable bonds is 6. The summed E-state index contributed by atoms with van der Waals surface area (Å²) in [6, 6.07) is 0. The molecule has 0 bridgehead atoms. The van der Waals surface area contributed by atoms with Crippen molar-refractivity contribution in [2.75, 3.05) is 24.2 Å². The van der Waals surface area contributed by atoms with Crippen molar-refractivity contribution in [3.63, 3.8) is 0 Å². The van der Waals surface area contributed by atoms with Crippen LogP contribution in [0.5, 0.6) is 0 Å². The number of aromatic amines is 2. The Balaban J connectivity index is 2.81. The fraction of sp³-hybridized carbons (Fsp3) is 0.600. The van der Waals surface area contributed by atoms with Gasteiger partial charge < -0.3 is 10.6 Å². The molecular formula is C10H18N4O2. The highest BCUT2D eigenvalue weighted by atomic mass is 16.1. The van der Waals surface area contributed by atoms with Gasteiger partial charge in [-0.3, -0.25) is 19.8 Å². The molecule has 0 saturated carbocycles. The van der Waals surface area contributed by atoms with Crippen LogP contribution in [0.25, 0.3) is 0 Å². The fourth-order valence-electron chi connectivity index (χ4n) is 1.46. The minimum atomic E-state index is -0.333. The molecule has 4 N–H and O–H groups in total. The largest absolute Gasteiger partial charge is 0.382 e. The van der Waals surface area contributed by atoms with Crippen LogP contribution in [-0.2, 0) is 0 Å². The van der Waals surface area contributed by atoms with Gasteiger partial charge in [-0.15, -0.1) is 0 Å². The highest BCUT2D eigenvalue weighted by Gasteiger charge is 2.08. The van der Waals surface area contributed by atoms with E-state index in [2.05, 4.69) is 27.8 Å². The molecule has 0 fully saturated rings. The second kappa shape index (κ2) is 5.99. The molecule has 6 nitrogen and oxygen atoms in total. The van der Waals surface area contributed by atoms with Crippen molar-refractivity contribution in [1.82, 2.24) is 10.2 Å². The molecule has 0 radical (unpaired) electrons. The zero-order chi connectivity index (χ0) is 12.0. The number of nitrogens with one attached hydrogen (secondary N) is 4. The number of H-pyrrole nitrogens is 2. The maximum absolute atomic E-state index is 11.5. The topological polar surface area (TPSA) is 89.8 Å². The first-order valence-corrected chi connectivity index (χ1v) is 5.47. The number of hydrogen-bond acceptors (Lipinski definition) is 4. The van der Waals surface area contributed by atoms with Crippen molar-refractivity contribution in [3.05, 3.63) is 20.7 Å². The number of aromatic nitrogens is 2. The molecule has 16 heavy (non-hydrogen) atoms. The average Bonchev–Trinajstić information content (AvgIpc) is 2.29. The average molecular weight is 226 g/mol. The van der Waals surface area contributed by atoms with Gasteiger partial charge in [0.25, 0.3) is 11.1 Å². The predicted molar refractivity (Wildman–Crippen MR) is 65.2 cm³/mol. The van der Waals surface area contributed by atoms with E-state index >= 15 is 0 Å². The molecule has 6 heteroatoms. The molecule has 0 amide bonds. The Kier molecular flexibility index (Phi) is 4.63. The first-order chi connectivity index (χ1) is 7.70. The minimum Gasteiger partial charge on any atom is -0.382 e. The smallest absolute Gasteiger partial charge is 0.288 e. The van der Waals surface area contributed by atoms with Crippen molar-refractivity contribution in [1.29, 1.82) is 0 Å². The van der Waals surface area contributed by atoms with E-state index in [0.717, 1.165) is 19.3 Å². The lowest BCUT2D eigenvalue weighted by Crippen LogP contribution is -2.26. The maximum atomic E-state index is 11.5. The molecule has 0 atom stereocenters. The van der Waals surface area contributed by atoms with Crippen molar-refractivity contribution >= 4 is 11.4 Å². The SMILES string of the molecule is CCCCCNc1c(NC)c(=O)[nH][nH]c1=O. The van der Waals surface area contributed by atoms with Crippen molar-refractivity contribution in [3.8, 4) is 0 Å². The van der Waals surface area contributed by atoms with Gasteiger partial charge in [-0.1, -0.05) is 19.8 Å². The van der Waals surface area contributed by atoms with Crippen LogP contribution in [0.2, 0.25) is 0 Å². The molecule has 0 saturated heterocycles. The third-order valence-corrected chi connectivity index (χ3v) is 2.33. The van der Waals surface area contributed by atoms with E-state index in [4.69, 9.17) is 0 Å². The normalized spacial score (nSPS) is 10.1. The molecule has 0 aliphatic carbocycles. The highest BCUT2D eigenvalue weighted by Crippen LogP contribution is 2.09. The monoisotopic (exact) mass is 226 g/mol. The molecule has 0 aliphatic rings. The van der Waals surface area contributed by atoms with E-state index in [1.807, 2.05) is 0 Å². The first kappa shape index (κ1) is 12.4. The molecule has 1 rings (SSSR count). The Morgan fingerprint density at radius 1 is 1.06 bits per heavy atom. The first-order valence-electron chi connectivity index (χ1n) is 5.47. The predicted octanol–water partition coefficient (Wildman–Crippen LogP) is 0.707. The molecule has 0 unspecified atom stereocenters. The summed E-state index contributed by atoms with van der Waals surface area (Å²) in [6.45, 7) is 2.80. The Bertz CT molecular complexity index is 435. The van der Waals surface area contributed by atoms with Crippen LogP contribution in [0.3, 0.4) is 0 Å². The standard InChI is InChI=1S/C10H18N4O2/c1-3-4-5-6-12-8-7(11-2)9(15)13-14-10(8)16/h3-6H2,1-2H3,(H2,11,14,16)(H2,12,13,15). The number of unbranched alkanes of at least 4 members (excludes halogenated alkanes) is 2. The third-order valence-electron chi connectivity index (χ3n) is 2.33. The van der Waals surface area contributed by atoms with Gasteiger partial charge in [-0.2, -0.15) is 0 Å². The summed E-state index contributed by atoms with van der Waals surface area (Å²) in [5, 5.41) is 10.3. The minimum absolute atomic E-state index is 0.278. The van der Waals surface area contributed by atoms with Crippen molar-refractivity contribution in [2.45, 2.75) is 26.2 Å². The summed E-state index contributed by atoms with van der Waals surface area (Å²) in [5.74, 6) is 0. The second-order valence-corrected chi connectivity index (χ2v) is 3.54. The van der Waals surface area contributed by atoms with Crippen LogP contribution in [0.15, 0.2) is 9.59 Å². The van der Waals surface area contributed by atoms with E-state index in [0.29, 0.717) is 12.2 Å². The summed E-state index contributed by atoms with van der Waals surface area (Å²) in [7, 11) is 1.61. The van der Waals surface area contributed by atoms with Crippen LogP contribution in [0.1, 0.15) is 26.2 Å². The molecule has 0 aliphatic heterocycles. The second-order valence-electron chi connectivity index (χ2n) is 3.54. The van der Waals surface area contributed by atoms with E-state index < -0.39 is 0 Å². The lowest BCUT2D eigenvalue weighted by Gasteiger charge is -2.08. The molecule has 90 valence electrons. The van der Waals surface area contributed by atoms with Gasteiger partial charge in [0.1, 0.15) is 11.4 Å². The molecule has 1 aromatic heterocycles. The molecule has 1 heterocycles. The molecule has 0 aromatic carbocycles. The van der Waals surface area contributed by atoms with Crippen molar-refractivity contribution < 1.29 is 0 Å². The van der Waals surface area contributed by atoms with Gasteiger partial charge >= 0.3 is 0 Å². The van der Waals surface area contributed by atoms with E-state index in [1.54, 1.807) is 7.05 Å². The maximum Gasteiger partial charge on any atom is 0.288 e. The summed E-state index contributed by atoms with van der Waals surface area (Å²) < 4.78 is 0. The highest BCUT2D eigenvalue weighted by molar-refractivity contribution is 5.65. The Hall–Kier alpha value is -1.72. The van der Waals surface area contributed by atoms with Gasteiger partial charge in [0.05, 0.1) is 0 Å². The van der Waals surface area contributed by atoms with Gasteiger partial charge in [0.2, 0.25) is 0 Å². The Morgan fingerprint density at radius 3 is 2.25 bits per heavy atom. The van der Waals surface area contributed by atoms with Crippen LogP contribution >= 0.6 is 0 Å². The van der Waals surface area contributed by atoms with Gasteiger partial charge in [0, 0.05) is 13.6 Å². The lowest BCUT2D eigenvalue weighted by molar-refractivity contribution is 0.742. The molecule has 1 aromatic rings. The van der Waals surface area contributed by atoms with Gasteiger partial charge in [0.15, 0.2) is 0 Å². The fourth-order valence-corrected chi connectivity index (χ4v) is 1.46. The van der Waals surface area contributed by atoms with Crippen LogP contribution in [-0.4, -0.2) is 23.8 Å². The summed E-state index contributed by atoms with van der Waals surface area (Å²) >= 11 is 0. The number of anilines is 2. The Labute approximate surface area is 93.5 Å². The number of hydrogen-bond donors (Lipinski definition) is 4. The van der Waals surface area contributed by atoms with Gasteiger partial charge in [-0.25, -0.2) is 0 Å². The zero-order valence-corrected chi connectivity index (χ0v) is 9.64. The lowest BCUT2D eigenvalue weighted by atomic mass is 10.2. The van der Waals surface area contributed by atoms with Crippen LogP contribution < -0.4 is 21.8 Å². The summed E-state index contributed by atoms with van der Waals surface area (Å²) in [5.41, 5.74) is -0.0665. The summed E-state index contributed by atoms with van der Waals surface area (Å²) in [4.78, 5) is 22.9. The van der Waals surface area contributed by atoms with E-state index in [9.17, 15) is 9.59 Å². The Morgan fingerprint density at radius 2 is 1.69 bits per heavy atom. The van der Waals surface area contributed by atoms with Crippen molar-refractivity contribution in [2.24, 2.45) is 0 Å². The summed E-state index contributed by atoms with van der Waals surface area (Å²) in [6.07, 6.45) is 3.20. The van der Waals surface area contributed by atoms with Crippen LogP contribution in [0, 0.1) is 0 Å². The third kappa shape index (κ3) is 2.88. The zero-order valence-electron chi connectivity index (χ0n) is 9.64. The molecular weight excluding hydrogens is 208 g/mol. The van der Waals surface area contributed by atoms with Crippen LogP contribution in [0.4, 0.5) is 11.4 Å². The molecule has 0 spiro atoms. The van der Waals surface area contributed by atoms with E-state index in [1.165, 1.54) is 0 Å². The quantitative estimate of drug-likeness (QED) is 0.538. The van der Waals surface area contributed by atoms with E-state index in [-0.39, 0.29) is 16.8 Å².